The van der Waals surface area contributed by atoms with E-state index in [2.05, 4.69) is 20.0 Å². The number of sulfonamides is 1. The molecule has 1 amide bonds. The molecule has 142 valence electrons. The fourth-order valence-corrected chi connectivity index (χ4v) is 4.38. The van der Waals surface area contributed by atoms with Crippen molar-refractivity contribution in [1.82, 2.24) is 9.97 Å². The minimum atomic E-state index is -3.79. The minimum Gasteiger partial charge on any atom is -0.302 e. The van der Waals surface area contributed by atoms with Crippen molar-refractivity contribution in [3.63, 3.8) is 0 Å². The zero-order valence-corrected chi connectivity index (χ0v) is 16.6. The van der Waals surface area contributed by atoms with Gasteiger partial charge in [-0.1, -0.05) is 11.3 Å². The Morgan fingerprint density at radius 1 is 1.18 bits per heavy atom. The number of anilines is 2. The van der Waals surface area contributed by atoms with Crippen molar-refractivity contribution in [3.8, 4) is 16.6 Å². The first-order chi connectivity index (χ1) is 13.3. The van der Waals surface area contributed by atoms with Crippen LogP contribution >= 0.6 is 11.3 Å². The number of aromatic nitrogens is 2. The molecule has 3 aromatic rings. The summed E-state index contributed by atoms with van der Waals surface area (Å²) < 4.78 is 27.3. The summed E-state index contributed by atoms with van der Waals surface area (Å²) in [6, 6.07) is 10.8. The van der Waals surface area contributed by atoms with E-state index in [9.17, 15) is 13.2 Å². The quantitative estimate of drug-likeness (QED) is 0.662. The van der Waals surface area contributed by atoms with E-state index in [0.29, 0.717) is 27.8 Å². The Hall–Kier alpha value is -3.29. The van der Waals surface area contributed by atoms with E-state index >= 15 is 0 Å². The third-order valence-corrected chi connectivity index (χ3v) is 6.11. The highest BCUT2D eigenvalue weighted by molar-refractivity contribution is 7.92. The maximum absolute atomic E-state index is 12.4. The van der Waals surface area contributed by atoms with Crippen molar-refractivity contribution in [1.29, 1.82) is 5.26 Å². The van der Waals surface area contributed by atoms with Crippen molar-refractivity contribution in [3.05, 3.63) is 53.9 Å². The smallest absolute Gasteiger partial charge is 0.261 e. The Balaban J connectivity index is 1.80. The molecule has 0 aliphatic carbocycles. The molecule has 0 saturated carbocycles. The predicted molar refractivity (Wildman–Crippen MR) is 106 cm³/mol. The van der Waals surface area contributed by atoms with Crippen molar-refractivity contribution < 1.29 is 13.2 Å². The molecular weight excluding hydrogens is 398 g/mol. The molecule has 0 saturated heterocycles. The Labute approximate surface area is 165 Å². The summed E-state index contributed by atoms with van der Waals surface area (Å²) in [7, 11) is -3.79. The van der Waals surface area contributed by atoms with Crippen LogP contribution in [0.15, 0.2) is 47.5 Å². The van der Waals surface area contributed by atoms with E-state index in [1.54, 1.807) is 19.1 Å². The molecule has 0 unspecified atom stereocenters. The third kappa shape index (κ3) is 4.33. The average molecular weight is 413 g/mol. The Morgan fingerprint density at radius 2 is 1.89 bits per heavy atom. The first kappa shape index (κ1) is 19.5. The summed E-state index contributed by atoms with van der Waals surface area (Å²) in [6.45, 7) is 3.21. The van der Waals surface area contributed by atoms with Gasteiger partial charge in [-0.3, -0.25) is 14.5 Å². The lowest BCUT2D eigenvalue weighted by molar-refractivity contribution is -0.114. The molecule has 2 heterocycles. The molecule has 2 N–H and O–H groups in total. The number of thiazole rings is 1. The van der Waals surface area contributed by atoms with Crippen LogP contribution in [0.3, 0.4) is 0 Å². The van der Waals surface area contributed by atoms with Gasteiger partial charge in [0.1, 0.15) is 0 Å². The monoisotopic (exact) mass is 413 g/mol. The number of amides is 1. The van der Waals surface area contributed by atoms with Gasteiger partial charge in [0, 0.05) is 6.92 Å². The Bertz CT molecular complexity index is 1160. The molecule has 0 aliphatic rings. The van der Waals surface area contributed by atoms with Crippen LogP contribution in [0, 0.1) is 18.3 Å². The molecule has 28 heavy (non-hydrogen) atoms. The van der Waals surface area contributed by atoms with Crippen LogP contribution in [0.4, 0.5) is 10.8 Å². The number of pyridine rings is 1. The summed E-state index contributed by atoms with van der Waals surface area (Å²) in [5.41, 5.74) is 2.01. The topological polar surface area (TPSA) is 125 Å². The van der Waals surface area contributed by atoms with Gasteiger partial charge in [-0.25, -0.2) is 13.4 Å². The Kier molecular flexibility index (Phi) is 5.39. The first-order valence-corrected chi connectivity index (χ1v) is 10.3. The van der Waals surface area contributed by atoms with Crippen molar-refractivity contribution in [2.24, 2.45) is 0 Å². The van der Waals surface area contributed by atoms with E-state index in [0.717, 1.165) is 4.88 Å². The van der Waals surface area contributed by atoms with Crippen molar-refractivity contribution in [2.45, 2.75) is 18.7 Å². The molecule has 0 aliphatic heterocycles. The summed E-state index contributed by atoms with van der Waals surface area (Å²) >= 11 is 1.29. The SMILES string of the molecule is CC(=O)Nc1nc(C)c(-c2ccc(NS(=O)(=O)c3ccc(C#N)cc3)cn2)s1. The van der Waals surface area contributed by atoms with Gasteiger partial charge in [0.15, 0.2) is 5.13 Å². The molecule has 0 atom stereocenters. The van der Waals surface area contributed by atoms with Crippen molar-refractivity contribution >= 4 is 38.1 Å². The lowest BCUT2D eigenvalue weighted by Crippen LogP contribution is -2.13. The van der Waals surface area contributed by atoms with Gasteiger partial charge in [0.05, 0.1) is 44.7 Å². The number of benzene rings is 1. The molecule has 0 spiro atoms. The maximum Gasteiger partial charge on any atom is 0.261 e. The van der Waals surface area contributed by atoms with Gasteiger partial charge >= 0.3 is 0 Å². The van der Waals surface area contributed by atoms with Crippen LogP contribution < -0.4 is 10.0 Å². The van der Waals surface area contributed by atoms with Gasteiger partial charge in [0.25, 0.3) is 10.0 Å². The summed E-state index contributed by atoms with van der Waals surface area (Å²) in [4.78, 5) is 20.6. The second-order valence-corrected chi connectivity index (χ2v) is 8.47. The average Bonchev–Trinajstić information content (AvgIpc) is 3.01. The number of hydrogen-bond acceptors (Lipinski definition) is 7. The fraction of sp³-hybridized carbons (Fsp3) is 0.111. The molecule has 10 heteroatoms. The maximum atomic E-state index is 12.4. The largest absolute Gasteiger partial charge is 0.302 e. The molecule has 0 bridgehead atoms. The van der Waals surface area contributed by atoms with Gasteiger partial charge in [0.2, 0.25) is 5.91 Å². The zero-order chi connectivity index (χ0) is 20.3. The molecular formula is C18H15N5O3S2. The summed E-state index contributed by atoms with van der Waals surface area (Å²) in [5, 5.41) is 11.9. The third-order valence-electron chi connectivity index (χ3n) is 3.62. The van der Waals surface area contributed by atoms with E-state index in [1.165, 1.54) is 48.7 Å². The predicted octanol–water partition coefficient (Wildman–Crippen LogP) is 3.14. The van der Waals surface area contributed by atoms with E-state index in [-0.39, 0.29) is 10.8 Å². The summed E-state index contributed by atoms with van der Waals surface area (Å²) in [6.07, 6.45) is 1.41. The molecule has 3 rings (SSSR count). The number of rotatable bonds is 5. The number of aryl methyl sites for hydroxylation is 1. The summed E-state index contributed by atoms with van der Waals surface area (Å²) in [5.74, 6) is -0.208. The lowest BCUT2D eigenvalue weighted by Gasteiger charge is -2.08. The molecule has 2 aromatic heterocycles. The molecule has 1 aromatic carbocycles. The second-order valence-electron chi connectivity index (χ2n) is 5.79. The minimum absolute atomic E-state index is 0.0498. The van der Waals surface area contributed by atoms with Gasteiger partial charge in [-0.15, -0.1) is 0 Å². The molecule has 8 nitrogen and oxygen atoms in total. The highest BCUT2D eigenvalue weighted by Crippen LogP contribution is 2.32. The van der Waals surface area contributed by atoms with Crippen LogP contribution in [0.1, 0.15) is 18.2 Å². The second kappa shape index (κ2) is 7.75. The van der Waals surface area contributed by atoms with Crippen LogP contribution in [0.2, 0.25) is 0 Å². The van der Waals surface area contributed by atoms with Gasteiger partial charge in [-0.2, -0.15) is 5.26 Å². The van der Waals surface area contributed by atoms with Gasteiger partial charge < -0.3 is 5.32 Å². The Morgan fingerprint density at radius 3 is 2.46 bits per heavy atom. The molecule has 0 radical (unpaired) electrons. The van der Waals surface area contributed by atoms with Crippen molar-refractivity contribution in [2.75, 3.05) is 10.0 Å². The van der Waals surface area contributed by atoms with Crippen LogP contribution in [0.5, 0.6) is 0 Å². The van der Waals surface area contributed by atoms with Crippen LogP contribution in [-0.4, -0.2) is 24.3 Å². The number of nitrogens with zero attached hydrogens (tertiary/aromatic N) is 3. The highest BCUT2D eigenvalue weighted by atomic mass is 32.2. The standard InChI is InChI=1S/C18H15N5O3S2/c1-11-17(27-18(21-11)22-12(2)24)16-8-5-14(10-20-16)23-28(25,26)15-6-3-13(9-19)4-7-15/h3-8,10,23H,1-2H3,(H,21,22,24). The number of nitrogens with one attached hydrogen (secondary N) is 2. The highest BCUT2D eigenvalue weighted by Gasteiger charge is 2.16. The zero-order valence-electron chi connectivity index (χ0n) is 14.9. The van der Waals surface area contributed by atoms with Crippen LogP contribution in [-0.2, 0) is 14.8 Å². The van der Waals surface area contributed by atoms with E-state index in [4.69, 9.17) is 5.26 Å². The number of carbonyl (C=O) groups excluding carboxylic acids is 1. The number of hydrogen-bond donors (Lipinski definition) is 2. The fourth-order valence-electron chi connectivity index (χ4n) is 2.35. The van der Waals surface area contributed by atoms with Gasteiger partial charge in [-0.05, 0) is 43.3 Å². The molecule has 0 fully saturated rings. The number of carbonyl (C=O) groups is 1. The van der Waals surface area contributed by atoms with Crippen LogP contribution in [0.25, 0.3) is 10.6 Å². The number of nitriles is 1. The van der Waals surface area contributed by atoms with E-state index < -0.39 is 10.0 Å². The van der Waals surface area contributed by atoms with E-state index in [1.807, 2.05) is 6.07 Å². The normalized spacial score (nSPS) is 10.9. The first-order valence-electron chi connectivity index (χ1n) is 8.03. The lowest BCUT2D eigenvalue weighted by atomic mass is 10.2.